The Morgan fingerprint density at radius 1 is 1.00 bits per heavy atom. The van der Waals surface area contributed by atoms with E-state index in [0.29, 0.717) is 13.2 Å². The molecule has 6 nitrogen and oxygen atoms in total. The third-order valence-corrected chi connectivity index (χ3v) is 4.06. The molecule has 0 radical (unpaired) electrons. The van der Waals surface area contributed by atoms with Crippen molar-refractivity contribution in [2.75, 3.05) is 65.1 Å². The van der Waals surface area contributed by atoms with E-state index in [9.17, 15) is 0 Å². The number of nitrogens with zero attached hydrogens (tertiary/aromatic N) is 2. The molecule has 0 saturated carbocycles. The van der Waals surface area contributed by atoms with Crippen LogP contribution in [0.15, 0.2) is 35.3 Å². The summed E-state index contributed by atoms with van der Waals surface area (Å²) in [6, 6.07) is 10.6. The fourth-order valence-electron chi connectivity index (χ4n) is 2.59. The van der Waals surface area contributed by atoms with Gasteiger partial charge in [0.2, 0.25) is 0 Å². The van der Waals surface area contributed by atoms with Crippen molar-refractivity contribution in [3.05, 3.63) is 30.3 Å². The normalized spacial score (nSPS) is 11.4. The van der Waals surface area contributed by atoms with Crippen LogP contribution in [-0.2, 0) is 9.47 Å². The molecule has 0 amide bonds. The summed E-state index contributed by atoms with van der Waals surface area (Å²) in [5, 5.41) is 6.73. The number of ether oxygens (including phenoxy) is 2. The average Bonchev–Trinajstić information content (AvgIpc) is 2.69. The summed E-state index contributed by atoms with van der Waals surface area (Å²) >= 11 is 0. The summed E-state index contributed by atoms with van der Waals surface area (Å²) in [5.41, 5.74) is 1.28. The number of hydrogen-bond acceptors (Lipinski definition) is 4. The molecule has 0 saturated heterocycles. The van der Waals surface area contributed by atoms with Crippen LogP contribution in [0.4, 0.5) is 5.69 Å². The van der Waals surface area contributed by atoms with Crippen LogP contribution >= 0.6 is 0 Å². The van der Waals surface area contributed by atoms with Gasteiger partial charge in [-0.2, -0.15) is 0 Å². The lowest BCUT2D eigenvalue weighted by Crippen LogP contribution is -2.39. The fourth-order valence-corrected chi connectivity index (χ4v) is 2.59. The average molecular weight is 365 g/mol. The van der Waals surface area contributed by atoms with Crippen molar-refractivity contribution in [2.45, 2.75) is 26.2 Å². The molecule has 2 N–H and O–H groups in total. The van der Waals surface area contributed by atoms with Gasteiger partial charge in [0.15, 0.2) is 5.96 Å². The second kappa shape index (κ2) is 15.5. The first-order chi connectivity index (χ1) is 12.8. The van der Waals surface area contributed by atoms with E-state index in [1.165, 1.54) is 5.69 Å². The Balaban J connectivity index is 2.09. The number of nitrogens with one attached hydrogen (secondary N) is 2. The van der Waals surface area contributed by atoms with Crippen molar-refractivity contribution in [3.63, 3.8) is 0 Å². The Bertz CT molecular complexity index is 468. The Morgan fingerprint density at radius 3 is 2.38 bits per heavy atom. The molecular weight excluding hydrogens is 328 g/mol. The van der Waals surface area contributed by atoms with Gasteiger partial charge in [-0.15, -0.1) is 0 Å². The smallest absolute Gasteiger partial charge is 0.190 e. The van der Waals surface area contributed by atoms with E-state index in [0.717, 1.165) is 58.0 Å². The predicted octanol–water partition coefficient (Wildman–Crippen LogP) is 2.51. The minimum Gasteiger partial charge on any atom is -0.382 e. The zero-order valence-corrected chi connectivity index (χ0v) is 16.7. The molecule has 0 heterocycles. The first-order valence-corrected chi connectivity index (χ1v) is 9.63. The molecule has 0 spiro atoms. The van der Waals surface area contributed by atoms with Crippen molar-refractivity contribution in [1.29, 1.82) is 0 Å². The van der Waals surface area contributed by atoms with Gasteiger partial charge in [-0.05, 0) is 38.3 Å². The number of guanidine groups is 1. The lowest BCUT2D eigenvalue weighted by molar-refractivity contribution is 0.0689. The number of anilines is 1. The second-order valence-corrected chi connectivity index (χ2v) is 6.01. The minimum absolute atomic E-state index is 0.661. The van der Waals surface area contributed by atoms with Crippen molar-refractivity contribution in [2.24, 2.45) is 4.99 Å². The van der Waals surface area contributed by atoms with Crippen LogP contribution < -0.4 is 15.5 Å². The molecule has 0 unspecified atom stereocenters. The highest BCUT2D eigenvalue weighted by molar-refractivity contribution is 5.79. The highest BCUT2D eigenvalue weighted by Crippen LogP contribution is 2.12. The zero-order valence-electron chi connectivity index (χ0n) is 16.7. The number of methoxy groups -OCH3 is 1. The molecule has 1 aromatic rings. The van der Waals surface area contributed by atoms with E-state index in [4.69, 9.17) is 9.47 Å². The van der Waals surface area contributed by atoms with Crippen LogP contribution in [0.2, 0.25) is 0 Å². The lowest BCUT2D eigenvalue weighted by Gasteiger charge is -2.23. The van der Waals surface area contributed by atoms with Gasteiger partial charge in [0.25, 0.3) is 0 Å². The second-order valence-electron chi connectivity index (χ2n) is 6.01. The van der Waals surface area contributed by atoms with E-state index < -0.39 is 0 Å². The van der Waals surface area contributed by atoms with E-state index in [-0.39, 0.29) is 0 Å². The monoisotopic (exact) mass is 364 g/mol. The van der Waals surface area contributed by atoms with Crippen molar-refractivity contribution in [3.8, 4) is 0 Å². The van der Waals surface area contributed by atoms with Gasteiger partial charge in [-0.3, -0.25) is 4.99 Å². The molecular formula is C20H36N4O2. The molecule has 1 aromatic carbocycles. The summed E-state index contributed by atoms with van der Waals surface area (Å²) in [7, 11) is 3.50. The Morgan fingerprint density at radius 2 is 1.73 bits per heavy atom. The van der Waals surface area contributed by atoms with Crippen LogP contribution in [0.1, 0.15) is 26.2 Å². The van der Waals surface area contributed by atoms with Crippen LogP contribution in [-0.4, -0.2) is 66.1 Å². The maximum atomic E-state index is 5.45. The molecule has 1 rings (SSSR count). The molecule has 148 valence electrons. The molecule has 0 aliphatic heterocycles. The number of unbranched alkanes of at least 4 members (excludes halogenated alkanes) is 1. The van der Waals surface area contributed by atoms with Crippen molar-refractivity contribution >= 4 is 11.6 Å². The Hall–Kier alpha value is -1.79. The first kappa shape index (κ1) is 22.3. The SMILES string of the molecule is CCN(CCCNC(=NC)NCCCCOCCOC)c1ccccc1. The Labute approximate surface area is 159 Å². The van der Waals surface area contributed by atoms with Gasteiger partial charge in [0, 0.05) is 52.6 Å². The van der Waals surface area contributed by atoms with Crippen LogP contribution in [0, 0.1) is 0 Å². The lowest BCUT2D eigenvalue weighted by atomic mass is 10.2. The summed E-state index contributed by atoms with van der Waals surface area (Å²) in [6.45, 7) is 8.16. The van der Waals surface area contributed by atoms with Crippen LogP contribution in [0.5, 0.6) is 0 Å². The highest BCUT2D eigenvalue weighted by Gasteiger charge is 2.03. The topological polar surface area (TPSA) is 58.1 Å². The molecule has 6 heteroatoms. The maximum absolute atomic E-state index is 5.45. The summed E-state index contributed by atoms with van der Waals surface area (Å²) in [6.07, 6.45) is 3.16. The molecule has 0 atom stereocenters. The van der Waals surface area contributed by atoms with E-state index in [2.05, 4.69) is 57.8 Å². The van der Waals surface area contributed by atoms with Gasteiger partial charge in [-0.1, -0.05) is 18.2 Å². The molecule has 0 aliphatic rings. The van der Waals surface area contributed by atoms with E-state index in [1.54, 1.807) is 7.11 Å². The predicted molar refractivity (Wildman–Crippen MR) is 110 cm³/mol. The number of para-hydroxylation sites is 1. The van der Waals surface area contributed by atoms with Crippen molar-refractivity contribution < 1.29 is 9.47 Å². The minimum atomic E-state index is 0.661. The summed E-state index contributed by atoms with van der Waals surface area (Å²) in [5.74, 6) is 0.869. The van der Waals surface area contributed by atoms with Gasteiger partial charge in [-0.25, -0.2) is 0 Å². The van der Waals surface area contributed by atoms with E-state index >= 15 is 0 Å². The summed E-state index contributed by atoms with van der Waals surface area (Å²) in [4.78, 5) is 6.66. The third-order valence-electron chi connectivity index (χ3n) is 4.06. The summed E-state index contributed by atoms with van der Waals surface area (Å²) < 4.78 is 10.4. The van der Waals surface area contributed by atoms with Crippen molar-refractivity contribution in [1.82, 2.24) is 10.6 Å². The number of benzene rings is 1. The standard InChI is InChI=1S/C20H36N4O2/c1-4-24(19-11-6-5-7-12-19)15-10-14-23-20(21-2)22-13-8-9-16-26-18-17-25-3/h5-7,11-12H,4,8-10,13-18H2,1-3H3,(H2,21,22,23). The highest BCUT2D eigenvalue weighted by atomic mass is 16.5. The molecule has 26 heavy (non-hydrogen) atoms. The molecule has 0 aromatic heterocycles. The first-order valence-electron chi connectivity index (χ1n) is 9.63. The van der Waals surface area contributed by atoms with Gasteiger partial charge in [0.1, 0.15) is 0 Å². The largest absolute Gasteiger partial charge is 0.382 e. The van der Waals surface area contributed by atoms with Crippen LogP contribution in [0.25, 0.3) is 0 Å². The third kappa shape index (κ3) is 10.3. The van der Waals surface area contributed by atoms with Gasteiger partial charge in [0.05, 0.1) is 13.2 Å². The zero-order chi connectivity index (χ0) is 18.9. The molecule has 0 bridgehead atoms. The Kier molecular flexibility index (Phi) is 13.2. The van der Waals surface area contributed by atoms with E-state index in [1.807, 2.05) is 7.05 Å². The number of aliphatic imine (C=N–C) groups is 1. The number of rotatable bonds is 14. The van der Waals surface area contributed by atoms with Gasteiger partial charge < -0.3 is 25.0 Å². The van der Waals surface area contributed by atoms with Crippen LogP contribution in [0.3, 0.4) is 0 Å². The molecule has 0 fully saturated rings. The fraction of sp³-hybridized carbons (Fsp3) is 0.650. The van der Waals surface area contributed by atoms with Gasteiger partial charge >= 0.3 is 0 Å². The molecule has 0 aliphatic carbocycles. The maximum Gasteiger partial charge on any atom is 0.190 e. The quantitative estimate of drug-likeness (QED) is 0.302. The number of hydrogen-bond donors (Lipinski definition) is 2.